The maximum absolute atomic E-state index is 13.3. The molecule has 12 heteroatoms. The van der Waals surface area contributed by atoms with Crippen LogP contribution >= 0.6 is 11.6 Å². The van der Waals surface area contributed by atoms with Crippen LogP contribution in [0.4, 0.5) is 5.82 Å². The maximum Gasteiger partial charge on any atom is 0.254 e. The molecule has 0 amide bonds. The molecule has 188 valence electrons. The van der Waals surface area contributed by atoms with Crippen LogP contribution < -0.4 is 14.4 Å². The summed E-state index contributed by atoms with van der Waals surface area (Å²) in [7, 11) is -0.468. The van der Waals surface area contributed by atoms with Gasteiger partial charge >= 0.3 is 0 Å². The highest BCUT2D eigenvalue weighted by atomic mass is 35.5. The minimum absolute atomic E-state index is 0.231. The van der Waals surface area contributed by atoms with Gasteiger partial charge in [-0.2, -0.15) is 18.9 Å². The summed E-state index contributed by atoms with van der Waals surface area (Å²) in [5, 5.41) is 4.91. The second kappa shape index (κ2) is 9.92. The Morgan fingerprint density at radius 3 is 2.44 bits per heavy atom. The van der Waals surface area contributed by atoms with Crippen molar-refractivity contribution in [3.8, 4) is 22.6 Å². The van der Waals surface area contributed by atoms with Crippen molar-refractivity contribution in [2.75, 3.05) is 45.3 Å². The van der Waals surface area contributed by atoms with E-state index in [0.29, 0.717) is 54.9 Å². The van der Waals surface area contributed by atoms with Crippen LogP contribution in [0.15, 0.2) is 59.9 Å². The predicted molar refractivity (Wildman–Crippen MR) is 136 cm³/mol. The Morgan fingerprint density at radius 1 is 0.917 bits per heavy atom. The average molecular weight is 529 g/mol. The first-order valence-electron chi connectivity index (χ1n) is 11.3. The van der Waals surface area contributed by atoms with E-state index in [2.05, 4.69) is 20.0 Å². The third kappa shape index (κ3) is 4.45. The standard InChI is InChI=1S/C24H25ClN6O4S/c1-34-21-9-4-17(14-22(21)35-2)20-15-26-24-27-16-28-31(24)23(20)29-10-3-11-30(13-12-29)36(32,33)19-7-5-18(25)6-8-19/h4-9,14-16H,3,10-13H2,1-2H3. The molecular formula is C24H25ClN6O4S. The van der Waals surface area contributed by atoms with Crippen LogP contribution in [0.1, 0.15) is 6.42 Å². The Bertz CT molecular complexity index is 1490. The van der Waals surface area contributed by atoms with Crippen LogP contribution in [0.25, 0.3) is 16.9 Å². The number of sulfonamides is 1. The van der Waals surface area contributed by atoms with E-state index in [-0.39, 0.29) is 4.90 Å². The summed E-state index contributed by atoms with van der Waals surface area (Å²) in [6, 6.07) is 11.9. The summed E-state index contributed by atoms with van der Waals surface area (Å²) in [5.74, 6) is 2.46. The van der Waals surface area contributed by atoms with E-state index in [1.54, 1.807) is 37.1 Å². The first-order chi connectivity index (χ1) is 17.4. The number of halogens is 1. The number of hydrogen-bond donors (Lipinski definition) is 0. The molecule has 2 aromatic heterocycles. The lowest BCUT2D eigenvalue weighted by molar-refractivity contribution is 0.355. The van der Waals surface area contributed by atoms with Gasteiger partial charge in [0.1, 0.15) is 12.1 Å². The van der Waals surface area contributed by atoms with Gasteiger partial charge in [0.05, 0.1) is 19.1 Å². The lowest BCUT2D eigenvalue weighted by Crippen LogP contribution is -2.35. The number of benzene rings is 2. The zero-order chi connectivity index (χ0) is 25.3. The molecule has 0 spiro atoms. The summed E-state index contributed by atoms with van der Waals surface area (Å²) in [4.78, 5) is 11.1. The van der Waals surface area contributed by atoms with Gasteiger partial charge in [0.25, 0.3) is 5.78 Å². The fourth-order valence-electron chi connectivity index (χ4n) is 4.38. The molecular weight excluding hydrogens is 504 g/mol. The van der Waals surface area contributed by atoms with Crippen LogP contribution in [0.5, 0.6) is 11.5 Å². The molecule has 1 saturated heterocycles. The quantitative estimate of drug-likeness (QED) is 0.375. The summed E-state index contributed by atoms with van der Waals surface area (Å²) >= 11 is 5.95. The Balaban J connectivity index is 1.51. The Morgan fingerprint density at radius 2 is 1.69 bits per heavy atom. The Labute approximate surface area is 214 Å². The SMILES string of the molecule is COc1ccc(-c2cnc3ncnn3c2N2CCCN(S(=O)(=O)c3ccc(Cl)cc3)CC2)cc1OC. The highest BCUT2D eigenvalue weighted by molar-refractivity contribution is 7.89. The van der Waals surface area contributed by atoms with Gasteiger partial charge in [-0.15, -0.1) is 0 Å². The van der Waals surface area contributed by atoms with Crippen molar-refractivity contribution < 1.29 is 17.9 Å². The van der Waals surface area contributed by atoms with Gasteiger partial charge in [0, 0.05) is 43.0 Å². The third-order valence-corrected chi connectivity index (χ3v) is 8.35. The van der Waals surface area contributed by atoms with Gasteiger partial charge < -0.3 is 14.4 Å². The zero-order valence-corrected chi connectivity index (χ0v) is 21.4. The molecule has 3 heterocycles. The molecule has 1 aliphatic heterocycles. The summed E-state index contributed by atoms with van der Waals surface area (Å²) in [6.07, 6.45) is 3.85. The molecule has 0 atom stereocenters. The van der Waals surface area contributed by atoms with Gasteiger partial charge in [-0.25, -0.2) is 13.4 Å². The number of rotatable bonds is 6. The van der Waals surface area contributed by atoms with Gasteiger partial charge in [0.15, 0.2) is 11.5 Å². The monoisotopic (exact) mass is 528 g/mol. The minimum atomic E-state index is -3.65. The van der Waals surface area contributed by atoms with Crippen molar-refractivity contribution in [2.45, 2.75) is 11.3 Å². The van der Waals surface area contributed by atoms with Crippen molar-refractivity contribution in [1.29, 1.82) is 0 Å². The second-order valence-electron chi connectivity index (χ2n) is 8.24. The van der Waals surface area contributed by atoms with E-state index in [0.717, 1.165) is 16.9 Å². The summed E-state index contributed by atoms with van der Waals surface area (Å²) < 4.78 is 40.7. The van der Waals surface area contributed by atoms with Gasteiger partial charge in [0.2, 0.25) is 10.0 Å². The van der Waals surface area contributed by atoms with Gasteiger partial charge in [-0.3, -0.25) is 0 Å². The molecule has 4 aromatic rings. The largest absolute Gasteiger partial charge is 0.493 e. The predicted octanol–water partition coefficient (Wildman–Crippen LogP) is 3.36. The maximum atomic E-state index is 13.3. The van der Waals surface area contributed by atoms with Crippen molar-refractivity contribution in [2.24, 2.45) is 0 Å². The average Bonchev–Trinajstić information content (AvgIpc) is 3.23. The van der Waals surface area contributed by atoms with Crippen LogP contribution in [0.2, 0.25) is 5.02 Å². The molecule has 5 rings (SSSR count). The molecule has 1 aliphatic rings. The number of nitrogens with zero attached hydrogens (tertiary/aromatic N) is 6. The van der Waals surface area contributed by atoms with Gasteiger partial charge in [-0.1, -0.05) is 17.7 Å². The van der Waals surface area contributed by atoms with Crippen LogP contribution in [-0.2, 0) is 10.0 Å². The van der Waals surface area contributed by atoms with Crippen molar-refractivity contribution >= 4 is 33.2 Å². The number of ether oxygens (including phenoxy) is 2. The second-order valence-corrected chi connectivity index (χ2v) is 10.6. The van der Waals surface area contributed by atoms with Gasteiger partial charge in [-0.05, 0) is 48.4 Å². The van der Waals surface area contributed by atoms with Crippen molar-refractivity contribution in [3.63, 3.8) is 0 Å². The Hall–Kier alpha value is -3.41. The van der Waals surface area contributed by atoms with E-state index in [9.17, 15) is 8.42 Å². The van der Waals surface area contributed by atoms with Crippen LogP contribution in [0.3, 0.4) is 0 Å². The van der Waals surface area contributed by atoms with E-state index in [4.69, 9.17) is 21.1 Å². The summed E-state index contributed by atoms with van der Waals surface area (Å²) in [5.41, 5.74) is 1.69. The van der Waals surface area contributed by atoms with E-state index < -0.39 is 10.0 Å². The molecule has 0 unspecified atom stereocenters. The minimum Gasteiger partial charge on any atom is -0.493 e. The lowest BCUT2D eigenvalue weighted by atomic mass is 10.1. The Kier molecular flexibility index (Phi) is 6.69. The first kappa shape index (κ1) is 24.3. The molecule has 2 aromatic carbocycles. The fraction of sp³-hybridized carbons (Fsp3) is 0.292. The number of aromatic nitrogens is 4. The molecule has 0 aliphatic carbocycles. The molecule has 36 heavy (non-hydrogen) atoms. The number of methoxy groups -OCH3 is 2. The number of hydrogen-bond acceptors (Lipinski definition) is 8. The molecule has 0 N–H and O–H groups in total. The summed E-state index contributed by atoms with van der Waals surface area (Å²) in [6.45, 7) is 1.81. The van der Waals surface area contributed by atoms with E-state index >= 15 is 0 Å². The van der Waals surface area contributed by atoms with Crippen molar-refractivity contribution in [1.82, 2.24) is 23.9 Å². The number of anilines is 1. The molecule has 0 saturated carbocycles. The molecule has 0 radical (unpaired) electrons. The van der Waals surface area contributed by atoms with E-state index in [1.807, 2.05) is 18.2 Å². The molecule has 0 bridgehead atoms. The van der Waals surface area contributed by atoms with Crippen molar-refractivity contribution in [3.05, 3.63) is 60.0 Å². The third-order valence-electron chi connectivity index (χ3n) is 6.18. The normalized spacial score (nSPS) is 15.1. The lowest BCUT2D eigenvalue weighted by Gasteiger charge is -2.26. The smallest absolute Gasteiger partial charge is 0.254 e. The highest BCUT2D eigenvalue weighted by Gasteiger charge is 2.29. The first-order valence-corrected chi connectivity index (χ1v) is 13.2. The molecule has 1 fully saturated rings. The van der Waals surface area contributed by atoms with Crippen LogP contribution in [0, 0.1) is 0 Å². The zero-order valence-electron chi connectivity index (χ0n) is 19.8. The van der Waals surface area contributed by atoms with Crippen LogP contribution in [-0.4, -0.2) is 72.7 Å². The fourth-order valence-corrected chi connectivity index (χ4v) is 5.98. The topological polar surface area (TPSA) is 102 Å². The number of fused-ring (bicyclic) bond motifs is 1. The molecule has 10 nitrogen and oxygen atoms in total. The van der Waals surface area contributed by atoms with E-state index in [1.165, 1.54) is 22.8 Å². The highest BCUT2D eigenvalue weighted by Crippen LogP contribution is 2.37.